The van der Waals surface area contributed by atoms with Crippen LogP contribution in [0, 0.1) is 0 Å². The summed E-state index contributed by atoms with van der Waals surface area (Å²) < 4.78 is 0. The highest BCUT2D eigenvalue weighted by Crippen LogP contribution is 2.43. The zero-order valence-electron chi connectivity index (χ0n) is 67.0. The molecule has 0 amide bonds. The van der Waals surface area contributed by atoms with E-state index in [1.54, 1.807) is 0 Å². The lowest BCUT2D eigenvalue weighted by Crippen LogP contribution is -1.94. The Kier molecular flexibility index (Phi) is 19.1. The fraction of sp³-hybridized carbons (Fsp3) is 0. The Morgan fingerprint density at radius 1 is 0.137 bits per heavy atom. The van der Waals surface area contributed by atoms with E-state index in [0.29, 0.717) is 0 Å². The van der Waals surface area contributed by atoms with Gasteiger partial charge in [0.2, 0.25) is 0 Å². The predicted molar refractivity (Wildman–Crippen MR) is 509 cm³/mol. The van der Waals surface area contributed by atoms with Crippen LogP contribution in [0.1, 0.15) is 0 Å². The summed E-state index contributed by atoms with van der Waals surface area (Å²) in [5.74, 6) is 0. The smallest absolute Gasteiger partial charge is 0.0978 e. The second-order valence-electron chi connectivity index (χ2n) is 31.0. The Morgan fingerprint density at radius 3 is 0.895 bits per heavy atom. The second kappa shape index (κ2) is 32.1. The van der Waals surface area contributed by atoms with E-state index in [9.17, 15) is 0 Å². The van der Waals surface area contributed by atoms with E-state index in [-0.39, 0.29) is 0 Å². The Morgan fingerprint density at radius 2 is 0.460 bits per heavy atom. The van der Waals surface area contributed by atoms with E-state index in [1.165, 1.54) is 16.7 Å². The van der Waals surface area contributed by atoms with Gasteiger partial charge < -0.3 is 0 Å². The number of pyridine rings is 10. The van der Waals surface area contributed by atoms with Gasteiger partial charge in [0.15, 0.2) is 0 Å². The highest BCUT2D eigenvalue weighted by atomic mass is 14.8. The zero-order valence-corrected chi connectivity index (χ0v) is 67.0. The lowest BCUT2D eigenvalue weighted by molar-refractivity contribution is 1.25. The Labute approximate surface area is 715 Å². The highest BCUT2D eigenvalue weighted by molar-refractivity contribution is 6.18. The molecule has 10 heteroatoms. The first kappa shape index (κ1) is 73.5. The third-order valence-electron chi connectivity index (χ3n) is 23.3. The number of para-hydroxylation sites is 2. The van der Waals surface area contributed by atoms with Crippen LogP contribution in [-0.4, -0.2) is 49.8 Å². The molecule has 124 heavy (non-hydrogen) atoms. The van der Waals surface area contributed by atoms with Gasteiger partial charge in [0, 0.05) is 113 Å². The molecule has 0 radical (unpaired) electrons. The summed E-state index contributed by atoms with van der Waals surface area (Å²) in [6.45, 7) is 0. The first-order chi connectivity index (χ1) is 61.4. The number of fused-ring (bicyclic) bond motifs is 9. The first-order valence-corrected chi connectivity index (χ1v) is 41.5. The fourth-order valence-electron chi connectivity index (χ4n) is 17.0. The molecule has 10 heterocycles. The van der Waals surface area contributed by atoms with Crippen molar-refractivity contribution in [3.8, 4) is 157 Å². The SMILES string of the molecule is c1ccc(-c2ccc(-c3cc(-c4ccc(-c5ccc6ccc7c(-c8ccccc8)c8ccccc8nc7c6n5)cc4)cc(-c4ccc(-c5ccccn5)cc4)n3)nc2)cc1.c1ccc(-c2ccc(-c3cc(-c4ccc5cc(-c6ccc7ccc8c(-c9ccccc9)c9ccccc9nc8c7n6)ccc5c4)cc(-c4ccc(-c5ccccn5)cc4)n3)nc2)cc1. The third kappa shape index (κ3) is 14.4. The molecule has 0 saturated carbocycles. The molecule has 23 aromatic rings. The van der Waals surface area contributed by atoms with Crippen molar-refractivity contribution >= 4 is 76.2 Å². The lowest BCUT2D eigenvalue weighted by atomic mass is 9.95. The minimum absolute atomic E-state index is 0.804. The lowest BCUT2D eigenvalue weighted by Gasteiger charge is -2.13. The molecule has 0 saturated heterocycles. The van der Waals surface area contributed by atoms with Gasteiger partial charge in [-0.05, 0) is 152 Å². The van der Waals surface area contributed by atoms with Crippen LogP contribution in [0.5, 0.6) is 0 Å². The second-order valence-corrected chi connectivity index (χ2v) is 31.0. The van der Waals surface area contributed by atoms with Crippen molar-refractivity contribution in [2.45, 2.75) is 0 Å². The van der Waals surface area contributed by atoms with Crippen LogP contribution in [0.25, 0.3) is 233 Å². The van der Waals surface area contributed by atoms with Crippen LogP contribution in [0.3, 0.4) is 0 Å². The average molecular weight is 1580 g/mol. The molecule has 13 aromatic carbocycles. The number of aromatic nitrogens is 10. The summed E-state index contributed by atoms with van der Waals surface area (Å²) in [6.07, 6.45) is 7.50. The normalized spacial score (nSPS) is 11.4. The van der Waals surface area contributed by atoms with E-state index < -0.39 is 0 Å². The van der Waals surface area contributed by atoms with Crippen molar-refractivity contribution < 1.29 is 0 Å². The van der Waals surface area contributed by atoms with Crippen molar-refractivity contribution in [2.75, 3.05) is 0 Å². The molecule has 0 atom stereocenters. The van der Waals surface area contributed by atoms with Gasteiger partial charge in [-0.2, -0.15) is 0 Å². The van der Waals surface area contributed by atoms with Gasteiger partial charge in [-0.15, -0.1) is 0 Å². The summed E-state index contributed by atoms with van der Waals surface area (Å²) in [6, 6.07) is 144. The van der Waals surface area contributed by atoms with Crippen LogP contribution < -0.4 is 0 Å². The van der Waals surface area contributed by atoms with Crippen molar-refractivity contribution in [3.05, 3.63) is 437 Å². The number of hydrogen-bond acceptors (Lipinski definition) is 10. The minimum atomic E-state index is 0.804. The van der Waals surface area contributed by atoms with Gasteiger partial charge in [-0.1, -0.05) is 315 Å². The molecule has 0 spiro atoms. The Bertz CT molecular complexity index is 7750. The Balaban J connectivity index is 0.000000148. The maximum absolute atomic E-state index is 5.33. The zero-order chi connectivity index (χ0) is 82.2. The summed E-state index contributed by atoms with van der Waals surface area (Å²) in [5, 5.41) is 8.84. The molecule has 23 rings (SSSR count). The van der Waals surface area contributed by atoms with Crippen LogP contribution in [0.4, 0.5) is 0 Å². The summed E-state index contributed by atoms with van der Waals surface area (Å²) in [4.78, 5) is 50.4. The average Bonchev–Trinajstić information content (AvgIpc) is 0.742. The quantitative estimate of drug-likeness (QED) is 0.0766. The maximum atomic E-state index is 5.33. The maximum Gasteiger partial charge on any atom is 0.0978 e. The molecule has 0 aliphatic carbocycles. The molecule has 0 bridgehead atoms. The van der Waals surface area contributed by atoms with Crippen molar-refractivity contribution in [2.24, 2.45) is 0 Å². The van der Waals surface area contributed by atoms with Crippen LogP contribution in [0.15, 0.2) is 437 Å². The van der Waals surface area contributed by atoms with Crippen molar-refractivity contribution in [1.82, 2.24) is 49.8 Å². The van der Waals surface area contributed by atoms with Gasteiger partial charge >= 0.3 is 0 Å². The molecular formula is C114H72N10. The van der Waals surface area contributed by atoms with Gasteiger partial charge in [-0.3, -0.25) is 19.9 Å². The number of benzene rings is 13. The molecule has 0 fully saturated rings. The Hall–Kier alpha value is -16.8. The summed E-state index contributed by atoms with van der Waals surface area (Å²) >= 11 is 0. The van der Waals surface area contributed by atoms with Crippen LogP contribution in [-0.2, 0) is 0 Å². The van der Waals surface area contributed by atoms with Gasteiger partial charge in [-0.25, -0.2) is 29.9 Å². The van der Waals surface area contributed by atoms with Crippen LogP contribution in [0.2, 0.25) is 0 Å². The van der Waals surface area contributed by atoms with E-state index >= 15 is 0 Å². The van der Waals surface area contributed by atoms with Crippen molar-refractivity contribution in [1.29, 1.82) is 0 Å². The van der Waals surface area contributed by atoms with E-state index in [4.69, 9.17) is 39.9 Å². The number of nitrogens with zero attached hydrogens (tertiary/aromatic N) is 10. The largest absolute Gasteiger partial charge is 0.256 e. The van der Waals surface area contributed by atoms with E-state index in [2.05, 4.69) is 344 Å². The molecule has 0 unspecified atom stereocenters. The van der Waals surface area contributed by atoms with E-state index in [0.717, 1.165) is 217 Å². The third-order valence-corrected chi connectivity index (χ3v) is 23.3. The molecule has 578 valence electrons. The molecule has 0 N–H and O–H groups in total. The monoisotopic (exact) mass is 1580 g/mol. The van der Waals surface area contributed by atoms with Gasteiger partial charge in [0.05, 0.1) is 90.0 Å². The molecule has 0 aliphatic rings. The standard InChI is InChI=1S/C59H37N5.C55H35N5/c1-3-11-38(12-4-1)47-28-31-54(61-37-47)56-36-48(35-55(62-56)40-20-18-39(19-21-40)51-16-9-10-32-60-51)45-23-22-44-34-46(25-24-43(44)33-45)52-30-27-42-26-29-50-57(41-13-5-2-6-14-41)49-15-7-8-17-53(49)64-59(50)58(42)63-52;1-3-11-36(12-4-1)43-28-31-50(57-35-43)52-34-44(33-51(58-52)40-24-22-38(23-25-40)47-16-9-10-32-56-47)37-18-20-39(21-19-37)48-30-27-42-26-29-46-53(41-13-5-2-6-14-41)45-15-7-8-17-49(45)60-55(46)54(42)59-48/h1-37H;1-35H. The van der Waals surface area contributed by atoms with E-state index in [1.807, 2.05) is 104 Å². The molecule has 0 aliphatic heterocycles. The molecule has 10 nitrogen and oxygen atoms in total. The van der Waals surface area contributed by atoms with Crippen molar-refractivity contribution in [3.63, 3.8) is 0 Å². The highest BCUT2D eigenvalue weighted by Gasteiger charge is 2.21. The number of rotatable bonds is 14. The summed E-state index contributed by atoms with van der Waals surface area (Å²) in [7, 11) is 0. The first-order valence-electron chi connectivity index (χ1n) is 41.5. The molecular weight excluding hydrogens is 1510 g/mol. The number of hydrogen-bond donors (Lipinski definition) is 0. The van der Waals surface area contributed by atoms with Gasteiger partial charge in [0.25, 0.3) is 0 Å². The van der Waals surface area contributed by atoms with Gasteiger partial charge in [0.1, 0.15) is 0 Å². The fourth-order valence-corrected chi connectivity index (χ4v) is 17.0. The molecule has 10 aromatic heterocycles. The predicted octanol–water partition coefficient (Wildman–Crippen LogP) is 28.7. The minimum Gasteiger partial charge on any atom is -0.256 e. The van der Waals surface area contributed by atoms with Crippen LogP contribution >= 0.6 is 0 Å². The summed E-state index contributed by atoms with van der Waals surface area (Å²) in [5.41, 5.74) is 33.7. The topological polar surface area (TPSA) is 129 Å².